The minimum absolute atomic E-state index is 0.0226. The normalized spacial score (nSPS) is 22.6. The number of sulfone groups is 1. The number of aliphatic imine (C=N–C) groups is 1. The first kappa shape index (κ1) is 22.3. The molecule has 10 heteroatoms. The van der Waals surface area contributed by atoms with Crippen LogP contribution in [0.25, 0.3) is 0 Å². The van der Waals surface area contributed by atoms with Gasteiger partial charge in [-0.3, -0.25) is 9.59 Å². The summed E-state index contributed by atoms with van der Waals surface area (Å²) in [6.45, 7) is 1.47. The summed E-state index contributed by atoms with van der Waals surface area (Å²) in [6.07, 6.45) is 0. The van der Waals surface area contributed by atoms with Crippen molar-refractivity contribution in [3.63, 3.8) is 0 Å². The molecule has 0 saturated carbocycles. The molecule has 32 heavy (non-hydrogen) atoms. The van der Waals surface area contributed by atoms with E-state index < -0.39 is 15.7 Å². The molecular formula is C22H22N2O6S2. The van der Waals surface area contributed by atoms with Crippen LogP contribution >= 0.6 is 11.8 Å². The maximum absolute atomic E-state index is 13.0. The number of amides is 1. The highest BCUT2D eigenvalue weighted by Gasteiger charge is 2.49. The van der Waals surface area contributed by atoms with Crippen molar-refractivity contribution in [3.05, 3.63) is 53.6 Å². The largest absolute Gasteiger partial charge is 0.493 e. The Hall–Kier alpha value is -2.85. The fraction of sp³-hybridized carbons (Fsp3) is 0.318. The molecule has 2 aliphatic heterocycles. The van der Waals surface area contributed by atoms with E-state index in [0.717, 1.165) is 0 Å². The van der Waals surface area contributed by atoms with Crippen molar-refractivity contribution in [2.24, 2.45) is 4.99 Å². The Morgan fingerprint density at radius 3 is 2.47 bits per heavy atom. The lowest BCUT2D eigenvalue weighted by molar-refractivity contribution is 0.0998. The number of Topliss-reactive ketones (excluding diaryl/α,β-unsaturated/α-hetero) is 1. The van der Waals surface area contributed by atoms with E-state index in [4.69, 9.17) is 9.47 Å². The van der Waals surface area contributed by atoms with Gasteiger partial charge in [-0.1, -0.05) is 23.9 Å². The molecule has 2 aliphatic rings. The van der Waals surface area contributed by atoms with Crippen LogP contribution in [-0.4, -0.2) is 62.3 Å². The maximum Gasteiger partial charge on any atom is 0.279 e. The molecule has 2 unspecified atom stereocenters. The third-order valence-electron chi connectivity index (χ3n) is 5.43. The summed E-state index contributed by atoms with van der Waals surface area (Å²) in [6, 6.07) is 11.3. The number of carbonyl (C=O) groups is 2. The second kappa shape index (κ2) is 8.59. The van der Waals surface area contributed by atoms with Gasteiger partial charge in [0.15, 0.2) is 32.3 Å². The summed E-state index contributed by atoms with van der Waals surface area (Å²) < 4.78 is 35.0. The Labute approximate surface area is 190 Å². The molecule has 168 valence electrons. The Balaban J connectivity index is 1.73. The van der Waals surface area contributed by atoms with Crippen molar-refractivity contribution in [2.75, 3.05) is 30.6 Å². The van der Waals surface area contributed by atoms with Gasteiger partial charge >= 0.3 is 0 Å². The highest BCUT2D eigenvalue weighted by Crippen LogP contribution is 2.41. The van der Waals surface area contributed by atoms with Gasteiger partial charge in [-0.2, -0.15) is 4.99 Å². The van der Waals surface area contributed by atoms with Gasteiger partial charge in [0.25, 0.3) is 5.91 Å². The van der Waals surface area contributed by atoms with Crippen LogP contribution in [0, 0.1) is 0 Å². The van der Waals surface area contributed by atoms with Gasteiger partial charge in [-0.25, -0.2) is 8.42 Å². The molecule has 0 radical (unpaired) electrons. The lowest BCUT2D eigenvalue weighted by atomic mass is 10.1. The lowest BCUT2D eigenvalue weighted by Gasteiger charge is -2.24. The summed E-state index contributed by atoms with van der Waals surface area (Å²) in [5.74, 6) is 0.312. The molecule has 8 nitrogen and oxygen atoms in total. The van der Waals surface area contributed by atoms with Gasteiger partial charge in [0, 0.05) is 22.1 Å². The number of nitrogens with zero attached hydrogens (tertiary/aromatic N) is 2. The quantitative estimate of drug-likeness (QED) is 0.610. The van der Waals surface area contributed by atoms with Crippen molar-refractivity contribution < 1.29 is 27.5 Å². The van der Waals surface area contributed by atoms with E-state index in [0.29, 0.717) is 33.5 Å². The molecule has 2 atom stereocenters. The van der Waals surface area contributed by atoms with Crippen molar-refractivity contribution in [2.45, 2.75) is 18.2 Å². The van der Waals surface area contributed by atoms with Gasteiger partial charge in [0.05, 0.1) is 31.8 Å². The maximum atomic E-state index is 13.0. The summed E-state index contributed by atoms with van der Waals surface area (Å²) in [5.41, 5.74) is 1.45. The van der Waals surface area contributed by atoms with E-state index >= 15 is 0 Å². The van der Waals surface area contributed by atoms with Gasteiger partial charge in [0.2, 0.25) is 0 Å². The first-order valence-corrected chi connectivity index (χ1v) is 12.5. The second-order valence-corrected chi connectivity index (χ2v) is 10.9. The van der Waals surface area contributed by atoms with E-state index in [2.05, 4.69) is 4.99 Å². The number of hydrogen-bond donors (Lipinski definition) is 0. The predicted octanol–water partition coefficient (Wildman–Crippen LogP) is 2.82. The van der Waals surface area contributed by atoms with Gasteiger partial charge in [-0.05, 0) is 37.3 Å². The Bertz CT molecular complexity index is 1220. The summed E-state index contributed by atoms with van der Waals surface area (Å²) >= 11 is 1.28. The molecule has 0 spiro atoms. The molecule has 0 aromatic heterocycles. The van der Waals surface area contributed by atoms with Crippen LogP contribution in [0.5, 0.6) is 11.5 Å². The average Bonchev–Trinajstić information content (AvgIpc) is 3.23. The van der Waals surface area contributed by atoms with Crippen molar-refractivity contribution >= 4 is 44.1 Å². The number of ether oxygens (including phenoxy) is 2. The van der Waals surface area contributed by atoms with Crippen molar-refractivity contribution in [1.82, 2.24) is 0 Å². The number of methoxy groups -OCH3 is 2. The summed E-state index contributed by atoms with van der Waals surface area (Å²) in [4.78, 5) is 30.9. The van der Waals surface area contributed by atoms with E-state index in [-0.39, 0.29) is 28.6 Å². The highest BCUT2D eigenvalue weighted by molar-refractivity contribution is 8.16. The van der Waals surface area contributed by atoms with Gasteiger partial charge in [-0.15, -0.1) is 0 Å². The zero-order valence-electron chi connectivity index (χ0n) is 17.8. The molecule has 4 rings (SSSR count). The number of ketones is 1. The number of hydrogen-bond acceptors (Lipinski definition) is 7. The topological polar surface area (TPSA) is 102 Å². The number of thioether (sulfide) groups is 1. The van der Waals surface area contributed by atoms with Crippen LogP contribution in [-0.2, 0) is 9.84 Å². The number of amidine groups is 1. The van der Waals surface area contributed by atoms with E-state index in [9.17, 15) is 18.0 Å². The molecule has 1 amide bonds. The van der Waals surface area contributed by atoms with Crippen LogP contribution in [0.2, 0.25) is 0 Å². The first-order valence-electron chi connectivity index (χ1n) is 9.85. The second-order valence-electron chi connectivity index (χ2n) is 7.55. The van der Waals surface area contributed by atoms with E-state index in [1.165, 1.54) is 32.9 Å². The molecule has 0 N–H and O–H groups in total. The number of fused-ring (bicyclic) bond motifs is 1. The minimum Gasteiger partial charge on any atom is -0.493 e. The minimum atomic E-state index is -3.19. The zero-order chi connectivity index (χ0) is 23.0. The molecule has 2 aromatic carbocycles. The van der Waals surface area contributed by atoms with Crippen LogP contribution in [0.15, 0.2) is 47.5 Å². The molecule has 2 aromatic rings. The highest BCUT2D eigenvalue weighted by atomic mass is 32.2. The Morgan fingerprint density at radius 2 is 1.78 bits per heavy atom. The molecular weight excluding hydrogens is 452 g/mol. The molecule has 2 saturated heterocycles. The summed E-state index contributed by atoms with van der Waals surface area (Å²) in [7, 11) is -0.203. The predicted molar refractivity (Wildman–Crippen MR) is 124 cm³/mol. The van der Waals surface area contributed by atoms with E-state index in [1.54, 1.807) is 47.4 Å². The van der Waals surface area contributed by atoms with Crippen LogP contribution in [0.3, 0.4) is 0 Å². The number of carbonyl (C=O) groups excluding carboxylic acids is 2. The number of rotatable bonds is 5. The monoisotopic (exact) mass is 474 g/mol. The third kappa shape index (κ3) is 4.24. The fourth-order valence-corrected chi connectivity index (χ4v) is 7.77. The SMILES string of the molecule is COc1ccc(C(=O)N=C2SC3CS(=O)(=O)CC3N2c2cccc(C(C)=O)c2)cc1OC. The Kier molecular flexibility index (Phi) is 6.00. The van der Waals surface area contributed by atoms with Crippen LogP contribution in [0.1, 0.15) is 27.6 Å². The van der Waals surface area contributed by atoms with E-state index in [1.807, 2.05) is 0 Å². The van der Waals surface area contributed by atoms with Crippen molar-refractivity contribution in [3.8, 4) is 11.5 Å². The Morgan fingerprint density at radius 1 is 1.03 bits per heavy atom. The fourth-order valence-electron chi connectivity index (χ4n) is 3.86. The van der Waals surface area contributed by atoms with Gasteiger partial charge in [0.1, 0.15) is 0 Å². The smallest absolute Gasteiger partial charge is 0.279 e. The number of anilines is 1. The standard InChI is InChI=1S/C22H22N2O6S2/c1-13(25)14-5-4-6-16(9-14)24-17-11-32(27,28)12-20(17)31-22(24)23-21(26)15-7-8-18(29-2)19(10-15)30-3/h4-10,17,20H,11-12H2,1-3H3. The molecule has 2 heterocycles. The number of benzene rings is 2. The van der Waals surface area contributed by atoms with Crippen LogP contribution < -0.4 is 14.4 Å². The molecule has 2 fully saturated rings. The van der Waals surface area contributed by atoms with Gasteiger partial charge < -0.3 is 14.4 Å². The van der Waals surface area contributed by atoms with Crippen molar-refractivity contribution in [1.29, 1.82) is 0 Å². The summed E-state index contributed by atoms with van der Waals surface area (Å²) in [5, 5.41) is 0.174. The first-order chi connectivity index (χ1) is 15.2. The lowest BCUT2D eigenvalue weighted by Crippen LogP contribution is -2.37. The third-order valence-corrected chi connectivity index (χ3v) is 8.63. The van der Waals surface area contributed by atoms with Crippen LogP contribution in [0.4, 0.5) is 5.69 Å². The molecule has 0 bridgehead atoms. The molecule has 0 aliphatic carbocycles. The zero-order valence-corrected chi connectivity index (χ0v) is 19.4. The average molecular weight is 475 g/mol.